The second-order valence-electron chi connectivity index (χ2n) is 6.18. The zero-order valence-corrected chi connectivity index (χ0v) is 19.0. The highest BCUT2D eigenvalue weighted by Gasteiger charge is 2.18. The second kappa shape index (κ2) is 9.57. The number of hydrogen-bond acceptors (Lipinski definition) is 7. The molecule has 0 unspecified atom stereocenters. The molecule has 0 saturated heterocycles. The van der Waals surface area contributed by atoms with E-state index in [2.05, 4.69) is 10.5 Å². The molecule has 3 aromatic rings. The van der Waals surface area contributed by atoms with Gasteiger partial charge in [0.2, 0.25) is 0 Å². The normalized spacial score (nSPS) is 11.1. The van der Waals surface area contributed by atoms with Gasteiger partial charge in [-0.1, -0.05) is 23.2 Å². The molecule has 1 heterocycles. The van der Waals surface area contributed by atoms with Crippen molar-refractivity contribution in [1.82, 2.24) is 20.0 Å². The molecule has 1 aromatic heterocycles. The van der Waals surface area contributed by atoms with Crippen molar-refractivity contribution in [2.24, 2.45) is 0 Å². The van der Waals surface area contributed by atoms with E-state index in [1.165, 1.54) is 56.8 Å². The summed E-state index contributed by atoms with van der Waals surface area (Å²) in [5.74, 6) is -0.00726. The van der Waals surface area contributed by atoms with Crippen molar-refractivity contribution >= 4 is 39.1 Å². The summed E-state index contributed by atoms with van der Waals surface area (Å²) < 4.78 is 36.2. The average Bonchev–Trinajstić information content (AvgIpc) is 2.80. The molecule has 0 aliphatic heterocycles. The van der Waals surface area contributed by atoms with Crippen LogP contribution in [0.5, 0.6) is 11.5 Å². The molecule has 13 heteroatoms. The van der Waals surface area contributed by atoms with Crippen LogP contribution in [0.2, 0.25) is 10.0 Å². The lowest BCUT2D eigenvalue weighted by Gasteiger charge is -2.11. The average molecular weight is 499 g/mol. The SMILES string of the molecule is COc1cc(OC)cc(C(=O)NNS(=O)(=O)c2ccc(-n3ncc(Cl)c(Cl)c3=O)cc2)c1. The Morgan fingerprint density at radius 3 is 2.19 bits per heavy atom. The van der Waals surface area contributed by atoms with E-state index in [-0.39, 0.29) is 26.2 Å². The number of sulfonamides is 1. The lowest BCUT2D eigenvalue weighted by atomic mass is 10.2. The minimum atomic E-state index is -4.12. The van der Waals surface area contributed by atoms with Gasteiger partial charge in [0.25, 0.3) is 21.5 Å². The Labute approximate surface area is 192 Å². The molecule has 0 saturated carbocycles. The van der Waals surface area contributed by atoms with E-state index in [1.807, 2.05) is 4.83 Å². The number of nitrogens with one attached hydrogen (secondary N) is 2. The molecule has 2 aromatic carbocycles. The summed E-state index contributed by atoms with van der Waals surface area (Å²) in [7, 11) is -1.28. The molecule has 0 bridgehead atoms. The summed E-state index contributed by atoms with van der Waals surface area (Å²) in [6.45, 7) is 0. The Balaban J connectivity index is 1.77. The summed E-state index contributed by atoms with van der Waals surface area (Å²) in [4.78, 5) is 26.4. The monoisotopic (exact) mass is 498 g/mol. The number of ether oxygens (including phenoxy) is 2. The smallest absolute Gasteiger partial charge is 0.291 e. The highest BCUT2D eigenvalue weighted by molar-refractivity contribution is 7.89. The van der Waals surface area contributed by atoms with Gasteiger partial charge in [-0.2, -0.15) is 9.78 Å². The fourth-order valence-electron chi connectivity index (χ4n) is 2.55. The molecule has 0 atom stereocenters. The highest BCUT2D eigenvalue weighted by atomic mass is 35.5. The van der Waals surface area contributed by atoms with E-state index in [9.17, 15) is 18.0 Å². The van der Waals surface area contributed by atoms with Gasteiger partial charge in [0.1, 0.15) is 16.5 Å². The van der Waals surface area contributed by atoms with Gasteiger partial charge < -0.3 is 9.47 Å². The molecule has 0 fully saturated rings. The maximum absolute atomic E-state index is 12.5. The van der Waals surface area contributed by atoms with Crippen LogP contribution in [-0.4, -0.2) is 38.3 Å². The summed E-state index contributed by atoms with van der Waals surface area (Å²) in [5, 5.41) is 3.66. The lowest BCUT2D eigenvalue weighted by molar-refractivity contribution is 0.0944. The van der Waals surface area contributed by atoms with Gasteiger partial charge in [0.15, 0.2) is 0 Å². The van der Waals surface area contributed by atoms with Crippen molar-refractivity contribution in [2.75, 3.05) is 14.2 Å². The van der Waals surface area contributed by atoms with Crippen molar-refractivity contribution in [3.8, 4) is 17.2 Å². The van der Waals surface area contributed by atoms with Crippen LogP contribution in [0, 0.1) is 0 Å². The summed E-state index contributed by atoms with van der Waals surface area (Å²) >= 11 is 11.6. The van der Waals surface area contributed by atoms with E-state index < -0.39 is 21.5 Å². The van der Waals surface area contributed by atoms with Gasteiger partial charge >= 0.3 is 0 Å². The van der Waals surface area contributed by atoms with Crippen LogP contribution in [0.3, 0.4) is 0 Å². The Kier molecular flexibility index (Phi) is 7.04. The summed E-state index contributed by atoms with van der Waals surface area (Å²) in [5.41, 5.74) is 1.84. The van der Waals surface area contributed by atoms with Crippen LogP contribution >= 0.6 is 23.2 Å². The zero-order valence-electron chi connectivity index (χ0n) is 16.6. The van der Waals surface area contributed by atoms with Crippen molar-refractivity contribution < 1.29 is 22.7 Å². The molecule has 32 heavy (non-hydrogen) atoms. The quantitative estimate of drug-likeness (QED) is 0.477. The van der Waals surface area contributed by atoms with Gasteiger partial charge in [-0.05, 0) is 36.4 Å². The predicted octanol–water partition coefficient (Wildman–Crippen LogP) is 2.18. The number of halogens is 2. The van der Waals surface area contributed by atoms with Crippen LogP contribution in [0.1, 0.15) is 10.4 Å². The van der Waals surface area contributed by atoms with Crippen LogP contribution in [0.25, 0.3) is 5.69 Å². The van der Waals surface area contributed by atoms with Crippen molar-refractivity contribution in [1.29, 1.82) is 0 Å². The third-order valence-corrected chi connectivity index (χ3v) is 6.19. The zero-order chi connectivity index (χ0) is 23.5. The maximum atomic E-state index is 12.5. The fourth-order valence-corrected chi connectivity index (χ4v) is 3.64. The summed E-state index contributed by atoms with van der Waals surface area (Å²) in [6, 6.07) is 9.57. The molecular weight excluding hydrogens is 483 g/mol. The number of amides is 1. The number of methoxy groups -OCH3 is 2. The molecule has 2 N–H and O–H groups in total. The van der Waals surface area contributed by atoms with Crippen molar-refractivity contribution in [3.63, 3.8) is 0 Å². The minimum Gasteiger partial charge on any atom is -0.497 e. The first-order valence-electron chi connectivity index (χ1n) is 8.75. The number of nitrogens with zero attached hydrogens (tertiary/aromatic N) is 2. The number of benzene rings is 2. The van der Waals surface area contributed by atoms with E-state index >= 15 is 0 Å². The van der Waals surface area contributed by atoms with Gasteiger partial charge in [0, 0.05) is 11.6 Å². The first kappa shape index (κ1) is 23.5. The van der Waals surface area contributed by atoms with Crippen molar-refractivity contribution in [2.45, 2.75) is 4.90 Å². The van der Waals surface area contributed by atoms with E-state index in [0.29, 0.717) is 11.5 Å². The molecule has 0 aliphatic carbocycles. The van der Waals surface area contributed by atoms with Gasteiger partial charge in [-0.3, -0.25) is 15.0 Å². The standard InChI is InChI=1S/C19H16Cl2N4O6S/c1-30-13-7-11(8-14(9-13)31-2)18(26)23-24-32(28,29)15-5-3-12(4-6-15)25-19(27)17(21)16(20)10-22-25/h3-10,24H,1-2H3,(H,23,26). The van der Waals surface area contributed by atoms with Gasteiger partial charge in [-0.15, -0.1) is 4.83 Å². The van der Waals surface area contributed by atoms with E-state index in [4.69, 9.17) is 32.7 Å². The molecule has 168 valence electrons. The topological polar surface area (TPSA) is 129 Å². The Hall–Kier alpha value is -3.12. The number of rotatable bonds is 7. The first-order valence-corrected chi connectivity index (χ1v) is 11.0. The fraction of sp³-hybridized carbons (Fsp3) is 0.105. The molecule has 10 nitrogen and oxygen atoms in total. The number of carbonyl (C=O) groups is 1. The highest BCUT2D eigenvalue weighted by Crippen LogP contribution is 2.22. The lowest BCUT2D eigenvalue weighted by Crippen LogP contribution is -2.41. The number of hydrogen-bond donors (Lipinski definition) is 2. The molecule has 3 rings (SSSR count). The Morgan fingerprint density at radius 2 is 1.62 bits per heavy atom. The van der Waals surface area contributed by atoms with Crippen LogP contribution in [0.15, 0.2) is 58.4 Å². The number of carbonyl (C=O) groups excluding carboxylic acids is 1. The molecule has 0 spiro atoms. The second-order valence-corrected chi connectivity index (χ2v) is 8.65. The minimum absolute atomic E-state index is 0.000659. The van der Waals surface area contributed by atoms with Gasteiger partial charge in [-0.25, -0.2) is 8.42 Å². The van der Waals surface area contributed by atoms with Crippen molar-refractivity contribution in [3.05, 3.63) is 74.6 Å². The number of aromatic nitrogens is 2. The summed E-state index contributed by atoms with van der Waals surface area (Å²) in [6.07, 6.45) is 1.20. The Morgan fingerprint density at radius 1 is 1.03 bits per heavy atom. The number of hydrazine groups is 1. The van der Waals surface area contributed by atoms with Crippen LogP contribution in [0.4, 0.5) is 0 Å². The van der Waals surface area contributed by atoms with Gasteiger partial charge in [0.05, 0.1) is 36.0 Å². The third-order valence-electron chi connectivity index (χ3n) is 4.18. The molecule has 1 amide bonds. The molecular formula is C19H16Cl2N4O6S. The Bertz CT molecular complexity index is 1300. The largest absolute Gasteiger partial charge is 0.497 e. The van der Waals surface area contributed by atoms with Crippen LogP contribution < -0.4 is 25.3 Å². The van der Waals surface area contributed by atoms with E-state index in [1.54, 1.807) is 6.07 Å². The first-order chi connectivity index (χ1) is 15.2. The molecule has 0 aliphatic rings. The maximum Gasteiger partial charge on any atom is 0.291 e. The predicted molar refractivity (Wildman–Crippen MR) is 117 cm³/mol. The molecule has 0 radical (unpaired) electrons. The van der Waals surface area contributed by atoms with Crippen LogP contribution in [-0.2, 0) is 10.0 Å². The van der Waals surface area contributed by atoms with E-state index in [0.717, 1.165) is 4.68 Å². The third kappa shape index (κ3) is 5.02.